The van der Waals surface area contributed by atoms with Gasteiger partial charge in [0.15, 0.2) is 0 Å². The van der Waals surface area contributed by atoms with Crippen molar-refractivity contribution in [3.05, 3.63) is 49.6 Å². The summed E-state index contributed by atoms with van der Waals surface area (Å²) >= 11 is 4.71. The van der Waals surface area contributed by atoms with Crippen LogP contribution in [0.25, 0.3) is 0 Å². The second-order valence-electron chi connectivity index (χ2n) is 9.73. The molecule has 0 saturated carbocycles. The third-order valence-electron chi connectivity index (χ3n) is 5.92. The number of carbonyl (C=O) groups is 6. The van der Waals surface area contributed by atoms with E-state index in [2.05, 4.69) is 27.9 Å². The summed E-state index contributed by atoms with van der Waals surface area (Å²) in [6.45, 7) is 12.1. The van der Waals surface area contributed by atoms with Crippen LogP contribution in [0, 0.1) is 0 Å². The van der Waals surface area contributed by atoms with E-state index in [1.54, 1.807) is 45.2 Å². The quantitative estimate of drug-likeness (QED) is 0.0593. The second-order valence-corrected chi connectivity index (χ2v) is 10.1. The van der Waals surface area contributed by atoms with E-state index in [9.17, 15) is 28.8 Å². The predicted octanol–water partition coefficient (Wildman–Crippen LogP) is 4.51. The van der Waals surface area contributed by atoms with Gasteiger partial charge in [0.05, 0.1) is 41.1 Å². The zero-order chi connectivity index (χ0) is 38.6. The third kappa shape index (κ3) is 34.9. The highest BCUT2D eigenvalue weighted by atomic mass is 35.5. The Bertz CT molecular complexity index is 1110. The number of hydrogen-bond acceptors (Lipinski definition) is 13. The lowest BCUT2D eigenvalue weighted by atomic mass is 10.2. The highest BCUT2D eigenvalue weighted by molar-refractivity contribution is 6.66. The predicted molar refractivity (Wildman–Crippen MR) is 190 cm³/mol. The minimum Gasteiger partial charge on any atom is -0.508 e. The van der Waals surface area contributed by atoms with E-state index < -0.39 is 11.2 Å². The number of amides is 1. The molecule has 0 saturated heterocycles. The van der Waals surface area contributed by atoms with E-state index in [0.717, 1.165) is 44.1 Å². The second kappa shape index (κ2) is 35.9. The average molecular weight is 731 g/mol. The molecule has 0 heterocycles. The van der Waals surface area contributed by atoms with Gasteiger partial charge in [0.2, 0.25) is 11.1 Å². The van der Waals surface area contributed by atoms with Crippen molar-refractivity contribution < 1.29 is 57.6 Å². The van der Waals surface area contributed by atoms with Crippen LogP contribution in [0.4, 0.5) is 0 Å². The molecule has 1 rings (SSSR count). The van der Waals surface area contributed by atoms with Crippen molar-refractivity contribution in [1.29, 1.82) is 0 Å². The van der Waals surface area contributed by atoms with Crippen LogP contribution in [0.3, 0.4) is 0 Å². The van der Waals surface area contributed by atoms with E-state index >= 15 is 0 Å². The Kier molecular flexibility index (Phi) is 35.8. The van der Waals surface area contributed by atoms with Crippen LogP contribution in [-0.4, -0.2) is 106 Å². The first kappa shape index (κ1) is 50.0. The molecule has 2 N–H and O–H groups in total. The van der Waals surface area contributed by atoms with Gasteiger partial charge >= 0.3 is 23.9 Å². The molecule has 50 heavy (non-hydrogen) atoms. The zero-order valence-electron chi connectivity index (χ0n) is 30.0. The van der Waals surface area contributed by atoms with Gasteiger partial charge in [-0.05, 0) is 94.1 Å². The number of allylic oxidation sites excluding steroid dienone is 1. The Morgan fingerprint density at radius 2 is 1.26 bits per heavy atom. The number of aromatic hydroxyl groups is 1. The number of phenols is 1. The van der Waals surface area contributed by atoms with Crippen molar-refractivity contribution in [2.45, 2.75) is 65.2 Å². The number of phenolic OH excluding ortho intramolecular Hbond substituents is 1. The van der Waals surface area contributed by atoms with Crippen molar-refractivity contribution in [2.75, 3.05) is 60.7 Å². The fourth-order valence-corrected chi connectivity index (χ4v) is 3.39. The number of nitrogens with one attached hydrogen (secondary N) is 1. The molecule has 0 aliphatic heterocycles. The van der Waals surface area contributed by atoms with E-state index in [1.165, 1.54) is 25.2 Å². The monoisotopic (exact) mass is 730 g/mol. The van der Waals surface area contributed by atoms with Gasteiger partial charge in [-0.2, -0.15) is 0 Å². The van der Waals surface area contributed by atoms with Crippen LogP contribution in [0.1, 0.15) is 65.2 Å². The first-order valence-corrected chi connectivity index (χ1v) is 16.4. The molecule has 1 aromatic rings. The molecule has 0 aliphatic carbocycles. The highest BCUT2D eigenvalue weighted by Gasteiger charge is 2.15. The Hall–Kier alpha value is -4.43. The molecule has 0 aliphatic rings. The first-order valence-electron chi connectivity index (χ1n) is 16.1. The normalized spacial score (nSPS) is 9.32. The lowest BCUT2D eigenvalue weighted by Gasteiger charge is -2.19. The van der Waals surface area contributed by atoms with Crippen molar-refractivity contribution in [3.63, 3.8) is 0 Å². The molecular formula is C35H55ClN2O12. The number of hydrogen-bond donors (Lipinski definition) is 2. The summed E-state index contributed by atoms with van der Waals surface area (Å²) in [4.78, 5) is 66.4. The number of carbonyl (C=O) groups excluding carboxylic acids is 6. The fourth-order valence-electron chi connectivity index (χ4n) is 3.39. The number of nitrogens with zero attached hydrogens (tertiary/aromatic N) is 1. The minimum absolute atomic E-state index is 0.0737. The van der Waals surface area contributed by atoms with E-state index in [4.69, 9.17) is 30.9 Å². The number of rotatable bonds is 21. The largest absolute Gasteiger partial charge is 0.508 e. The van der Waals surface area contributed by atoms with Gasteiger partial charge in [-0.25, -0.2) is 0 Å². The molecule has 284 valence electrons. The summed E-state index contributed by atoms with van der Waals surface area (Å²) in [5, 5.41) is 11.3. The molecule has 0 radical (unpaired) electrons. The molecule has 15 heteroatoms. The number of esters is 4. The average Bonchev–Trinajstić information content (AvgIpc) is 3.11. The molecule has 0 bridgehead atoms. The van der Waals surface area contributed by atoms with Crippen LogP contribution in [0.15, 0.2) is 49.6 Å². The topological polar surface area (TPSA) is 184 Å². The molecule has 0 spiro atoms. The standard InChI is InChI=1S/C14H23NO5.C11H21NO4.C7H8O2.C3H3ClO/c1-4-12(16)15(11-14(18)20-5-2)10-8-6-7-9-13(17)19-3;1-3-16-11(14)9-12-8-6-4-5-7-10(13)15-2;1-9-7-4-2-6(8)3-5-7;1-2-3(4)5/h4H,1,5-11H2,2-3H3;12H,3-9H2,1-2H3;2-5,8H,1H3;2H,1H2. The molecule has 0 fully saturated rings. The maximum absolute atomic E-state index is 11.6. The minimum atomic E-state index is -0.509. The summed E-state index contributed by atoms with van der Waals surface area (Å²) in [5.41, 5.74) is 0. The van der Waals surface area contributed by atoms with Crippen molar-refractivity contribution in [2.24, 2.45) is 0 Å². The van der Waals surface area contributed by atoms with Crippen LogP contribution in [0.2, 0.25) is 0 Å². The van der Waals surface area contributed by atoms with Crippen molar-refractivity contribution in [3.8, 4) is 11.5 Å². The molecular weight excluding hydrogens is 676 g/mol. The Morgan fingerprint density at radius 1 is 0.760 bits per heavy atom. The number of ether oxygens (including phenoxy) is 5. The highest BCUT2D eigenvalue weighted by Crippen LogP contribution is 2.14. The lowest BCUT2D eigenvalue weighted by molar-refractivity contribution is -0.147. The summed E-state index contributed by atoms with van der Waals surface area (Å²) < 4.78 is 23.5. The van der Waals surface area contributed by atoms with Gasteiger partial charge in [0.25, 0.3) is 0 Å². The number of methoxy groups -OCH3 is 3. The lowest BCUT2D eigenvalue weighted by Crippen LogP contribution is -2.36. The van der Waals surface area contributed by atoms with Crippen LogP contribution < -0.4 is 10.1 Å². The first-order chi connectivity index (χ1) is 23.8. The molecule has 1 amide bonds. The molecule has 0 unspecified atom stereocenters. The van der Waals surface area contributed by atoms with Crippen LogP contribution in [-0.2, 0) is 47.7 Å². The van der Waals surface area contributed by atoms with Crippen molar-refractivity contribution >= 4 is 46.6 Å². The van der Waals surface area contributed by atoms with Gasteiger partial charge in [0.1, 0.15) is 18.0 Å². The van der Waals surface area contributed by atoms with E-state index in [-0.39, 0.29) is 49.3 Å². The third-order valence-corrected chi connectivity index (χ3v) is 6.07. The molecule has 0 aromatic heterocycles. The summed E-state index contributed by atoms with van der Waals surface area (Å²) in [7, 11) is 4.34. The zero-order valence-corrected chi connectivity index (χ0v) is 30.8. The Balaban J connectivity index is -0.000000650. The summed E-state index contributed by atoms with van der Waals surface area (Å²) in [5.74, 6) is -0.348. The molecule has 1 aromatic carbocycles. The SMILES string of the molecule is C=CC(=O)Cl.C=CC(=O)N(CCCCCC(=O)OC)CC(=O)OCC.CCOC(=O)CNCCCCCC(=O)OC.COc1ccc(O)cc1. The van der Waals surface area contributed by atoms with Gasteiger partial charge in [-0.15, -0.1) is 0 Å². The maximum Gasteiger partial charge on any atom is 0.325 e. The Morgan fingerprint density at radius 3 is 1.70 bits per heavy atom. The van der Waals surface area contributed by atoms with Gasteiger partial charge in [0, 0.05) is 19.4 Å². The fraction of sp³-hybridized carbons (Fsp3) is 0.543. The van der Waals surface area contributed by atoms with Gasteiger partial charge in [-0.3, -0.25) is 28.8 Å². The summed E-state index contributed by atoms with van der Waals surface area (Å²) in [6, 6.07) is 6.57. The van der Waals surface area contributed by atoms with E-state index in [0.29, 0.717) is 38.8 Å². The van der Waals surface area contributed by atoms with Gasteiger partial charge < -0.3 is 39.0 Å². The van der Waals surface area contributed by atoms with Crippen LogP contribution in [0.5, 0.6) is 11.5 Å². The maximum atomic E-state index is 11.6. The molecule has 14 nitrogen and oxygen atoms in total. The van der Waals surface area contributed by atoms with Gasteiger partial charge in [-0.1, -0.05) is 26.0 Å². The van der Waals surface area contributed by atoms with Crippen LogP contribution >= 0.6 is 11.6 Å². The Labute approximate surface area is 301 Å². The molecule has 0 atom stereocenters. The number of benzene rings is 1. The number of halogens is 1. The number of unbranched alkanes of at least 4 members (excludes halogenated alkanes) is 4. The van der Waals surface area contributed by atoms with E-state index in [1.807, 2.05) is 0 Å². The smallest absolute Gasteiger partial charge is 0.325 e. The summed E-state index contributed by atoms with van der Waals surface area (Å²) in [6.07, 6.45) is 7.94. The van der Waals surface area contributed by atoms with Crippen molar-refractivity contribution in [1.82, 2.24) is 10.2 Å².